The van der Waals surface area contributed by atoms with Crippen molar-refractivity contribution >= 4 is 17.7 Å². The van der Waals surface area contributed by atoms with E-state index in [0.717, 1.165) is 38.5 Å². The number of aliphatic hydroxyl groups excluding tert-OH is 3. The van der Waals surface area contributed by atoms with Crippen LogP contribution in [0.1, 0.15) is 187 Å². The molecule has 3 N–H and O–H groups in total. The maximum absolute atomic E-state index is 12.4. The van der Waals surface area contributed by atoms with Crippen LogP contribution in [0.15, 0.2) is 24.3 Å². The molecule has 0 bridgehead atoms. The molecule has 0 radical (unpaired) electrons. The van der Waals surface area contributed by atoms with Crippen LogP contribution in [0.4, 0.5) is 0 Å². The molecule has 0 aromatic heterocycles. The predicted molar refractivity (Wildman–Crippen MR) is 206 cm³/mol. The Morgan fingerprint density at radius 3 is 1.84 bits per heavy atom. The Morgan fingerprint density at radius 2 is 1.27 bits per heavy atom. The van der Waals surface area contributed by atoms with Crippen molar-refractivity contribution in [3.8, 4) is 0 Å². The lowest BCUT2D eigenvalue weighted by Crippen LogP contribution is -2.28. The van der Waals surface area contributed by atoms with E-state index < -0.39 is 36.8 Å². The van der Waals surface area contributed by atoms with Gasteiger partial charge in [-0.1, -0.05) is 160 Å². The van der Waals surface area contributed by atoms with Gasteiger partial charge < -0.3 is 24.8 Å². The van der Waals surface area contributed by atoms with E-state index in [-0.39, 0.29) is 37.1 Å². The number of ether oxygens (including phenoxy) is 2. The van der Waals surface area contributed by atoms with Crippen molar-refractivity contribution in [3.63, 3.8) is 0 Å². The Kier molecular flexibility index (Phi) is 30.0. The summed E-state index contributed by atoms with van der Waals surface area (Å²) < 4.78 is 10.6. The number of ketones is 1. The second kappa shape index (κ2) is 32.6. The van der Waals surface area contributed by atoms with Crippen molar-refractivity contribution < 1.29 is 39.2 Å². The minimum atomic E-state index is -0.871. The van der Waals surface area contributed by atoms with Gasteiger partial charge in [-0.2, -0.15) is 0 Å². The van der Waals surface area contributed by atoms with Gasteiger partial charge in [0, 0.05) is 31.1 Å². The maximum Gasteiger partial charge on any atom is 0.306 e. The van der Waals surface area contributed by atoms with Gasteiger partial charge in [-0.25, -0.2) is 0 Å². The number of carbonyl (C=O) groups excluding carboxylic acids is 3. The van der Waals surface area contributed by atoms with Crippen LogP contribution in [-0.4, -0.2) is 64.6 Å². The lowest BCUT2D eigenvalue weighted by molar-refractivity contribution is -0.161. The highest BCUT2D eigenvalue weighted by Gasteiger charge is 2.39. The standard InChI is InChI=1S/C43H76O8/c1-3-5-7-8-9-10-11-12-13-14-15-16-17-18-19-20-25-29-42(48)50-35-37(34-44)51-43(49)30-26-22-21-24-28-38-39(41(47)33-40(38)46)32-31-36(45)27-23-6-4-2/h21,24,31-32,36-40,44-46H,3-20,22-23,25-30,33-35H2,1-2H3/b24-21-,32-31+/t36-,37-,38+,39+,40-/m0/s1. The molecule has 5 atom stereocenters. The molecule has 0 amide bonds. The van der Waals surface area contributed by atoms with Crippen molar-refractivity contribution in [2.75, 3.05) is 13.2 Å². The van der Waals surface area contributed by atoms with Crippen molar-refractivity contribution in [3.05, 3.63) is 24.3 Å². The first-order valence-corrected chi connectivity index (χ1v) is 21.0. The second-order valence-corrected chi connectivity index (χ2v) is 14.9. The van der Waals surface area contributed by atoms with E-state index in [2.05, 4.69) is 13.8 Å². The first-order chi connectivity index (χ1) is 24.8. The van der Waals surface area contributed by atoms with Crippen LogP contribution >= 0.6 is 0 Å². The van der Waals surface area contributed by atoms with Crippen LogP contribution in [-0.2, 0) is 23.9 Å². The molecule has 0 unspecified atom stereocenters. The summed E-state index contributed by atoms with van der Waals surface area (Å²) >= 11 is 0. The Morgan fingerprint density at radius 1 is 0.745 bits per heavy atom. The maximum atomic E-state index is 12.4. The molecule has 0 spiro atoms. The quantitative estimate of drug-likeness (QED) is 0.0340. The van der Waals surface area contributed by atoms with Crippen LogP contribution in [0.5, 0.6) is 0 Å². The number of carbonyl (C=O) groups is 3. The van der Waals surface area contributed by atoms with E-state index in [1.54, 1.807) is 12.2 Å². The molecule has 51 heavy (non-hydrogen) atoms. The van der Waals surface area contributed by atoms with Crippen molar-refractivity contribution in [2.24, 2.45) is 11.8 Å². The summed E-state index contributed by atoms with van der Waals surface area (Å²) in [5.41, 5.74) is 0. The van der Waals surface area contributed by atoms with Crippen molar-refractivity contribution in [2.45, 2.75) is 206 Å². The van der Waals surface area contributed by atoms with Crippen LogP contribution in [0.25, 0.3) is 0 Å². The topological polar surface area (TPSA) is 130 Å². The molecule has 8 heteroatoms. The number of hydrogen-bond acceptors (Lipinski definition) is 8. The molecular formula is C43H76O8. The summed E-state index contributed by atoms with van der Waals surface area (Å²) in [6.45, 7) is 3.82. The first-order valence-electron chi connectivity index (χ1n) is 21.0. The molecule has 1 saturated carbocycles. The monoisotopic (exact) mass is 721 g/mol. The SMILES string of the molecule is CCCCCCCCCCCCCCCCCCCC(=O)OC[C@H](CO)OC(=O)CCC/C=C\C[C@H]1[C@@H](O)CC(=O)[C@@H]1/C=C/[C@@H](O)CCCCC. The van der Waals surface area contributed by atoms with Crippen LogP contribution in [0.2, 0.25) is 0 Å². The molecular weight excluding hydrogens is 644 g/mol. The van der Waals surface area contributed by atoms with Crippen molar-refractivity contribution in [1.82, 2.24) is 0 Å². The normalized spacial score (nSPS) is 18.9. The zero-order valence-corrected chi connectivity index (χ0v) is 32.6. The van der Waals surface area contributed by atoms with Gasteiger partial charge >= 0.3 is 11.9 Å². The van der Waals surface area contributed by atoms with E-state index >= 15 is 0 Å². The average Bonchev–Trinajstić information content (AvgIpc) is 3.39. The highest BCUT2D eigenvalue weighted by atomic mass is 16.6. The Labute approximate surface area is 311 Å². The van der Waals surface area contributed by atoms with Gasteiger partial charge in [0.2, 0.25) is 0 Å². The molecule has 0 aromatic carbocycles. The first kappa shape index (κ1) is 47.0. The third kappa shape index (κ3) is 25.6. The lowest BCUT2D eigenvalue weighted by Gasteiger charge is -2.17. The van der Waals surface area contributed by atoms with Gasteiger partial charge in [-0.3, -0.25) is 14.4 Å². The molecule has 1 aliphatic rings. The Bertz CT molecular complexity index is 931. The Hall–Kier alpha value is -2.03. The summed E-state index contributed by atoms with van der Waals surface area (Å²) in [6, 6.07) is 0. The minimum Gasteiger partial charge on any atom is -0.462 e. The smallest absolute Gasteiger partial charge is 0.306 e. The van der Waals surface area contributed by atoms with E-state index in [0.29, 0.717) is 32.1 Å². The van der Waals surface area contributed by atoms with E-state index in [9.17, 15) is 29.7 Å². The van der Waals surface area contributed by atoms with Gasteiger partial charge in [-0.15, -0.1) is 0 Å². The minimum absolute atomic E-state index is 0.000162. The molecule has 0 aliphatic heterocycles. The number of aliphatic hydroxyl groups is 3. The third-order valence-electron chi connectivity index (χ3n) is 10.1. The average molecular weight is 721 g/mol. The molecule has 296 valence electrons. The molecule has 1 rings (SSSR count). The van der Waals surface area contributed by atoms with E-state index in [4.69, 9.17) is 9.47 Å². The predicted octanol–water partition coefficient (Wildman–Crippen LogP) is 9.66. The van der Waals surface area contributed by atoms with Gasteiger partial charge in [0.15, 0.2) is 6.10 Å². The highest BCUT2D eigenvalue weighted by molar-refractivity contribution is 5.86. The zero-order valence-electron chi connectivity index (χ0n) is 32.6. The van der Waals surface area contributed by atoms with Gasteiger partial charge in [0.25, 0.3) is 0 Å². The zero-order chi connectivity index (χ0) is 37.4. The number of Topliss-reactive ketones (excluding diaryl/α,β-unsaturated/α-hetero) is 1. The van der Waals surface area contributed by atoms with E-state index in [1.807, 2.05) is 12.2 Å². The largest absolute Gasteiger partial charge is 0.462 e. The van der Waals surface area contributed by atoms with Gasteiger partial charge in [0.05, 0.1) is 18.8 Å². The number of hydrogen-bond donors (Lipinski definition) is 3. The molecule has 0 aromatic rings. The lowest BCUT2D eigenvalue weighted by atomic mass is 9.90. The third-order valence-corrected chi connectivity index (χ3v) is 10.1. The van der Waals surface area contributed by atoms with Gasteiger partial charge in [-0.05, 0) is 32.1 Å². The fourth-order valence-electron chi connectivity index (χ4n) is 6.83. The number of rotatable bonds is 34. The second-order valence-electron chi connectivity index (χ2n) is 14.9. The highest BCUT2D eigenvalue weighted by Crippen LogP contribution is 2.33. The van der Waals surface area contributed by atoms with Crippen LogP contribution in [0, 0.1) is 11.8 Å². The van der Waals surface area contributed by atoms with Crippen molar-refractivity contribution in [1.29, 1.82) is 0 Å². The molecule has 1 fully saturated rings. The molecule has 1 aliphatic carbocycles. The summed E-state index contributed by atoms with van der Waals surface area (Å²) in [4.78, 5) is 36.9. The summed E-state index contributed by atoms with van der Waals surface area (Å²) in [6.07, 6.45) is 33.1. The fourth-order valence-corrected chi connectivity index (χ4v) is 6.83. The van der Waals surface area contributed by atoms with E-state index in [1.165, 1.54) is 89.9 Å². The fraction of sp³-hybridized carbons (Fsp3) is 0.837. The Balaban J connectivity index is 2.08. The van der Waals surface area contributed by atoms with Gasteiger partial charge in [0.1, 0.15) is 12.4 Å². The number of esters is 2. The van der Waals surface area contributed by atoms with Crippen LogP contribution < -0.4 is 0 Å². The molecule has 0 heterocycles. The number of allylic oxidation sites excluding steroid dienone is 3. The molecule has 8 nitrogen and oxygen atoms in total. The molecule has 0 saturated heterocycles. The number of unbranched alkanes of at least 4 members (excludes halogenated alkanes) is 19. The van der Waals surface area contributed by atoms with Crippen LogP contribution in [0.3, 0.4) is 0 Å². The summed E-state index contributed by atoms with van der Waals surface area (Å²) in [5.74, 6) is -1.40. The summed E-state index contributed by atoms with van der Waals surface area (Å²) in [5, 5.41) is 30.2. The summed E-state index contributed by atoms with van der Waals surface area (Å²) in [7, 11) is 0.